The highest BCUT2D eigenvalue weighted by molar-refractivity contribution is 5.95. The van der Waals surface area contributed by atoms with E-state index in [1.165, 1.54) is 35.4 Å². The number of carbonyl (C=O) groups excluding carboxylic acids is 1. The van der Waals surface area contributed by atoms with Crippen LogP contribution in [0.4, 0.5) is 10.1 Å². The van der Waals surface area contributed by atoms with Crippen LogP contribution >= 0.6 is 0 Å². The zero-order chi connectivity index (χ0) is 22.4. The van der Waals surface area contributed by atoms with Crippen LogP contribution in [0.5, 0.6) is 0 Å². The first kappa shape index (κ1) is 23.5. The van der Waals surface area contributed by atoms with Crippen molar-refractivity contribution >= 4 is 11.5 Å². The summed E-state index contributed by atoms with van der Waals surface area (Å²) in [5, 5.41) is 0. The topological polar surface area (TPSA) is 23.6 Å². The number of rotatable bonds is 9. The highest BCUT2D eigenvalue weighted by atomic mass is 19.1. The summed E-state index contributed by atoms with van der Waals surface area (Å²) in [4.78, 5) is 17.3. The maximum atomic E-state index is 13.1. The third-order valence-electron chi connectivity index (χ3n) is 6.80. The van der Waals surface area contributed by atoms with Crippen molar-refractivity contribution < 1.29 is 9.18 Å². The molecule has 0 N–H and O–H groups in total. The van der Waals surface area contributed by atoms with Gasteiger partial charge in [-0.1, -0.05) is 26.0 Å². The first-order chi connectivity index (χ1) is 14.9. The molecule has 2 aromatic carbocycles. The number of piperidine rings is 1. The number of nitrogens with zero attached hydrogens (tertiary/aromatic N) is 2. The van der Waals surface area contributed by atoms with E-state index in [4.69, 9.17) is 0 Å². The summed E-state index contributed by atoms with van der Waals surface area (Å²) >= 11 is 0. The molecule has 2 unspecified atom stereocenters. The van der Waals surface area contributed by atoms with Crippen LogP contribution < -0.4 is 4.90 Å². The van der Waals surface area contributed by atoms with E-state index >= 15 is 0 Å². The van der Waals surface area contributed by atoms with E-state index in [1.807, 2.05) is 0 Å². The van der Waals surface area contributed by atoms with Crippen LogP contribution in [-0.4, -0.2) is 43.9 Å². The molecule has 168 valence electrons. The Kier molecular flexibility index (Phi) is 8.25. The van der Waals surface area contributed by atoms with Gasteiger partial charge in [0.2, 0.25) is 0 Å². The van der Waals surface area contributed by atoms with Crippen LogP contribution in [0.2, 0.25) is 0 Å². The van der Waals surface area contributed by atoms with Crippen LogP contribution in [0.1, 0.15) is 66.9 Å². The van der Waals surface area contributed by atoms with Gasteiger partial charge in [-0.3, -0.25) is 4.79 Å². The predicted octanol–water partition coefficient (Wildman–Crippen LogP) is 6.07. The predicted molar refractivity (Wildman–Crippen MR) is 128 cm³/mol. The molecule has 1 fully saturated rings. The first-order valence-electron chi connectivity index (χ1n) is 11.7. The Labute approximate surface area is 187 Å². The van der Waals surface area contributed by atoms with Crippen molar-refractivity contribution in [1.29, 1.82) is 0 Å². The zero-order valence-corrected chi connectivity index (χ0v) is 19.5. The van der Waals surface area contributed by atoms with E-state index in [1.54, 1.807) is 12.1 Å². The monoisotopic (exact) mass is 424 g/mol. The molecule has 0 aliphatic carbocycles. The molecule has 0 aromatic heterocycles. The second-order valence-electron chi connectivity index (χ2n) is 9.12. The molecule has 3 rings (SSSR count). The van der Waals surface area contributed by atoms with Crippen molar-refractivity contribution in [1.82, 2.24) is 4.90 Å². The second-order valence-corrected chi connectivity index (χ2v) is 9.12. The van der Waals surface area contributed by atoms with Crippen molar-refractivity contribution in [2.75, 3.05) is 38.1 Å². The summed E-state index contributed by atoms with van der Waals surface area (Å²) in [7, 11) is 2.18. The van der Waals surface area contributed by atoms with Gasteiger partial charge in [-0.05, 0) is 92.6 Å². The second kappa shape index (κ2) is 10.9. The number of Topliss-reactive ketones (excluding diaryl/α,β-unsaturated/α-hetero) is 1. The fourth-order valence-electron chi connectivity index (χ4n) is 4.90. The number of halogens is 1. The fraction of sp³-hybridized carbons (Fsp3) is 0.519. The Morgan fingerprint density at radius 1 is 1.19 bits per heavy atom. The highest BCUT2D eigenvalue weighted by Gasteiger charge is 2.29. The quantitative estimate of drug-likeness (QED) is 0.457. The number of anilines is 1. The Morgan fingerprint density at radius 2 is 1.94 bits per heavy atom. The zero-order valence-electron chi connectivity index (χ0n) is 19.5. The number of hydrogen-bond acceptors (Lipinski definition) is 3. The summed E-state index contributed by atoms with van der Waals surface area (Å²) in [6.45, 7) is 11.0. The van der Waals surface area contributed by atoms with Crippen molar-refractivity contribution in [3.63, 3.8) is 0 Å². The maximum absolute atomic E-state index is 13.1. The molecule has 4 heteroatoms. The van der Waals surface area contributed by atoms with Gasteiger partial charge in [0, 0.05) is 37.8 Å². The average molecular weight is 425 g/mol. The molecule has 1 aliphatic rings. The third-order valence-corrected chi connectivity index (χ3v) is 6.80. The van der Waals surface area contributed by atoms with Gasteiger partial charge in [0.1, 0.15) is 5.82 Å². The number of carbonyl (C=O) groups is 1. The third kappa shape index (κ3) is 5.94. The molecule has 0 amide bonds. The maximum Gasteiger partial charge on any atom is 0.162 e. The lowest BCUT2D eigenvalue weighted by atomic mass is 9.80. The lowest BCUT2D eigenvalue weighted by Gasteiger charge is -2.38. The van der Waals surface area contributed by atoms with Crippen molar-refractivity contribution in [2.24, 2.45) is 5.92 Å². The number of ketones is 1. The molecule has 31 heavy (non-hydrogen) atoms. The van der Waals surface area contributed by atoms with Crippen LogP contribution in [0.15, 0.2) is 42.5 Å². The Bertz CT molecular complexity index is 864. The van der Waals surface area contributed by atoms with E-state index in [9.17, 15) is 9.18 Å². The molecule has 0 saturated carbocycles. The molecule has 0 spiro atoms. The van der Waals surface area contributed by atoms with Crippen LogP contribution in [0, 0.1) is 18.7 Å². The highest BCUT2D eigenvalue weighted by Crippen LogP contribution is 2.36. The molecule has 1 aliphatic heterocycles. The standard InChI is InChI=1S/C27H37FN2O/c1-5-16-29(4)26-9-6-8-24(21(26)3)25-19-30(18-15-20(25)2)17-7-10-27(31)22-11-13-23(28)14-12-22/h6,8-9,11-14,20,25H,5,7,10,15-19H2,1-4H3. The van der Waals surface area contributed by atoms with E-state index in [0.717, 1.165) is 39.0 Å². The summed E-state index contributed by atoms with van der Waals surface area (Å²) in [6.07, 6.45) is 3.68. The van der Waals surface area contributed by atoms with Crippen LogP contribution in [-0.2, 0) is 0 Å². The molecular weight excluding hydrogens is 387 g/mol. The van der Waals surface area contributed by atoms with Gasteiger partial charge in [-0.25, -0.2) is 4.39 Å². The average Bonchev–Trinajstić information content (AvgIpc) is 2.76. The lowest BCUT2D eigenvalue weighted by Crippen LogP contribution is -2.39. The van der Waals surface area contributed by atoms with Gasteiger partial charge in [0.25, 0.3) is 0 Å². The van der Waals surface area contributed by atoms with Gasteiger partial charge in [0.15, 0.2) is 5.78 Å². The lowest BCUT2D eigenvalue weighted by molar-refractivity contribution is 0.0968. The molecule has 3 nitrogen and oxygen atoms in total. The van der Waals surface area contributed by atoms with E-state index in [2.05, 4.69) is 55.8 Å². The van der Waals surface area contributed by atoms with Crippen molar-refractivity contribution in [2.45, 2.75) is 52.4 Å². The summed E-state index contributed by atoms with van der Waals surface area (Å²) < 4.78 is 13.1. The fourth-order valence-corrected chi connectivity index (χ4v) is 4.90. The van der Waals surface area contributed by atoms with E-state index in [-0.39, 0.29) is 11.6 Å². The molecular formula is C27H37FN2O. The van der Waals surface area contributed by atoms with Crippen molar-refractivity contribution in [3.8, 4) is 0 Å². The van der Waals surface area contributed by atoms with Gasteiger partial charge in [0.05, 0.1) is 0 Å². The van der Waals surface area contributed by atoms with Crippen LogP contribution in [0.3, 0.4) is 0 Å². The van der Waals surface area contributed by atoms with Gasteiger partial charge in [-0.2, -0.15) is 0 Å². The van der Waals surface area contributed by atoms with E-state index < -0.39 is 0 Å². The van der Waals surface area contributed by atoms with Gasteiger partial charge in [-0.15, -0.1) is 0 Å². The van der Waals surface area contributed by atoms with Crippen LogP contribution in [0.25, 0.3) is 0 Å². The molecule has 1 saturated heterocycles. The Hall–Kier alpha value is -2.20. The minimum Gasteiger partial charge on any atom is -0.374 e. The molecule has 1 heterocycles. The molecule has 0 bridgehead atoms. The molecule has 0 radical (unpaired) electrons. The Morgan fingerprint density at radius 3 is 2.65 bits per heavy atom. The Balaban J connectivity index is 1.61. The largest absolute Gasteiger partial charge is 0.374 e. The normalized spacial score (nSPS) is 19.4. The summed E-state index contributed by atoms with van der Waals surface area (Å²) in [5.74, 6) is 0.980. The molecule has 2 atom stereocenters. The number of hydrogen-bond donors (Lipinski definition) is 0. The minimum absolute atomic E-state index is 0.101. The van der Waals surface area contributed by atoms with E-state index in [0.29, 0.717) is 23.8 Å². The smallest absolute Gasteiger partial charge is 0.162 e. The molecule has 2 aromatic rings. The first-order valence-corrected chi connectivity index (χ1v) is 11.7. The van der Waals surface area contributed by atoms with Crippen molar-refractivity contribution in [3.05, 3.63) is 65.0 Å². The van der Waals surface area contributed by atoms with Gasteiger partial charge < -0.3 is 9.80 Å². The van der Waals surface area contributed by atoms with Gasteiger partial charge >= 0.3 is 0 Å². The number of likely N-dealkylation sites (tertiary alicyclic amines) is 1. The minimum atomic E-state index is -0.301. The SMILES string of the molecule is CCCN(C)c1cccc(C2CN(CCCC(=O)c3ccc(F)cc3)CCC2C)c1C. The number of benzene rings is 2. The summed E-state index contributed by atoms with van der Waals surface area (Å²) in [5.41, 5.74) is 4.83. The summed E-state index contributed by atoms with van der Waals surface area (Å²) in [6, 6.07) is 12.6.